The fourth-order valence-corrected chi connectivity index (χ4v) is 3.26. The number of urea groups is 1. The summed E-state index contributed by atoms with van der Waals surface area (Å²) in [5.41, 5.74) is 1.07. The van der Waals surface area contributed by atoms with Gasteiger partial charge in [-0.25, -0.2) is 4.79 Å². The Bertz CT molecular complexity index is 526. The largest absolute Gasteiger partial charge is 0.325 e. The molecule has 118 valence electrons. The van der Waals surface area contributed by atoms with Crippen LogP contribution >= 0.6 is 0 Å². The molecule has 3 amide bonds. The van der Waals surface area contributed by atoms with Crippen molar-refractivity contribution >= 4 is 11.9 Å². The molecule has 5 nitrogen and oxygen atoms in total. The van der Waals surface area contributed by atoms with Crippen LogP contribution in [0.2, 0.25) is 0 Å². The number of hydrogen-bond donors (Lipinski definition) is 2. The molecule has 0 radical (unpaired) electrons. The van der Waals surface area contributed by atoms with Gasteiger partial charge in [-0.1, -0.05) is 30.3 Å². The highest BCUT2D eigenvalue weighted by molar-refractivity contribution is 6.04. The van der Waals surface area contributed by atoms with E-state index in [4.69, 9.17) is 0 Å². The number of nitrogens with one attached hydrogen (secondary N) is 2. The van der Waals surface area contributed by atoms with Gasteiger partial charge in [-0.05, 0) is 43.8 Å². The van der Waals surface area contributed by atoms with Crippen LogP contribution < -0.4 is 10.6 Å². The molecule has 1 aromatic carbocycles. The maximum absolute atomic E-state index is 12.4. The van der Waals surface area contributed by atoms with Crippen molar-refractivity contribution in [3.8, 4) is 0 Å². The van der Waals surface area contributed by atoms with Gasteiger partial charge in [0.15, 0.2) is 0 Å². The van der Waals surface area contributed by atoms with Crippen molar-refractivity contribution in [3.63, 3.8) is 0 Å². The van der Waals surface area contributed by atoms with Gasteiger partial charge < -0.3 is 10.6 Å². The van der Waals surface area contributed by atoms with Gasteiger partial charge in [0.05, 0.1) is 0 Å². The van der Waals surface area contributed by atoms with Crippen LogP contribution in [0.3, 0.4) is 0 Å². The van der Waals surface area contributed by atoms with Crippen LogP contribution in [-0.2, 0) is 11.2 Å². The van der Waals surface area contributed by atoms with E-state index in [1.54, 1.807) is 0 Å². The highest BCUT2D eigenvalue weighted by Crippen LogP contribution is 2.19. The van der Waals surface area contributed by atoms with Crippen molar-refractivity contribution in [2.24, 2.45) is 5.92 Å². The van der Waals surface area contributed by atoms with E-state index in [0.717, 1.165) is 37.9 Å². The number of carbonyl (C=O) groups excluding carboxylic acids is 2. The van der Waals surface area contributed by atoms with E-state index in [-0.39, 0.29) is 11.9 Å². The summed E-state index contributed by atoms with van der Waals surface area (Å²) in [5.74, 6) is 0.540. The lowest BCUT2D eigenvalue weighted by atomic mass is 9.94. The first kappa shape index (κ1) is 15.0. The number of piperidine rings is 1. The van der Waals surface area contributed by atoms with Crippen LogP contribution in [-0.4, -0.2) is 42.5 Å². The highest BCUT2D eigenvalue weighted by atomic mass is 16.2. The molecular formula is C17H23N3O2. The van der Waals surface area contributed by atoms with Gasteiger partial charge in [-0.15, -0.1) is 0 Å². The topological polar surface area (TPSA) is 61.4 Å². The Kier molecular flexibility index (Phi) is 4.73. The molecule has 0 bridgehead atoms. The summed E-state index contributed by atoms with van der Waals surface area (Å²) >= 11 is 0. The van der Waals surface area contributed by atoms with Gasteiger partial charge in [0.25, 0.3) is 5.91 Å². The van der Waals surface area contributed by atoms with Gasteiger partial charge in [0, 0.05) is 13.0 Å². The molecular weight excluding hydrogens is 278 g/mol. The summed E-state index contributed by atoms with van der Waals surface area (Å²) in [4.78, 5) is 25.9. The lowest BCUT2D eigenvalue weighted by molar-refractivity contribution is -0.127. The summed E-state index contributed by atoms with van der Waals surface area (Å²) in [6.07, 6.45) is 3.75. The van der Waals surface area contributed by atoms with E-state index in [9.17, 15) is 9.59 Å². The Morgan fingerprint density at radius 1 is 1.09 bits per heavy atom. The summed E-state index contributed by atoms with van der Waals surface area (Å²) in [7, 11) is 0. The monoisotopic (exact) mass is 301 g/mol. The average Bonchev–Trinajstić information content (AvgIpc) is 2.81. The smallest absolute Gasteiger partial charge is 0.324 e. The van der Waals surface area contributed by atoms with Gasteiger partial charge >= 0.3 is 6.03 Å². The van der Waals surface area contributed by atoms with E-state index < -0.39 is 6.04 Å². The van der Waals surface area contributed by atoms with E-state index in [1.165, 1.54) is 4.90 Å². The SMILES string of the molecule is O=C1NC(Cc2ccccc2)C(=O)N1CCC1CCNCC1. The molecule has 1 atom stereocenters. The molecule has 22 heavy (non-hydrogen) atoms. The second-order valence-electron chi connectivity index (χ2n) is 6.16. The van der Waals surface area contributed by atoms with Crippen molar-refractivity contribution in [2.45, 2.75) is 31.7 Å². The molecule has 2 saturated heterocycles. The predicted octanol–water partition coefficient (Wildman–Crippen LogP) is 1.54. The Morgan fingerprint density at radius 3 is 2.55 bits per heavy atom. The number of imide groups is 1. The molecule has 1 unspecified atom stereocenters. The quantitative estimate of drug-likeness (QED) is 0.811. The molecule has 0 aromatic heterocycles. The first-order valence-corrected chi connectivity index (χ1v) is 8.10. The van der Waals surface area contributed by atoms with Crippen LogP contribution in [0.1, 0.15) is 24.8 Å². The molecule has 5 heteroatoms. The fourth-order valence-electron chi connectivity index (χ4n) is 3.26. The third-order valence-electron chi connectivity index (χ3n) is 4.61. The van der Waals surface area contributed by atoms with Crippen molar-refractivity contribution in [2.75, 3.05) is 19.6 Å². The molecule has 2 aliphatic rings. The Morgan fingerprint density at radius 2 is 1.82 bits per heavy atom. The number of rotatable bonds is 5. The Balaban J connectivity index is 1.54. The van der Waals surface area contributed by atoms with Crippen LogP contribution in [0.15, 0.2) is 30.3 Å². The molecule has 2 fully saturated rings. The van der Waals surface area contributed by atoms with Crippen molar-refractivity contribution in [1.82, 2.24) is 15.5 Å². The predicted molar refractivity (Wildman–Crippen MR) is 84.4 cm³/mol. The van der Waals surface area contributed by atoms with E-state index in [1.807, 2.05) is 30.3 Å². The molecule has 2 heterocycles. The minimum Gasteiger partial charge on any atom is -0.325 e. The number of amides is 3. The van der Waals surface area contributed by atoms with Crippen molar-refractivity contribution < 1.29 is 9.59 Å². The first-order chi connectivity index (χ1) is 10.7. The first-order valence-electron chi connectivity index (χ1n) is 8.10. The standard InChI is InChI=1S/C17H23N3O2/c21-16-15(12-14-4-2-1-3-5-14)19-17(22)20(16)11-8-13-6-9-18-10-7-13/h1-5,13,15,18H,6-12H2,(H,19,22). The van der Waals surface area contributed by atoms with Crippen LogP contribution in [0.5, 0.6) is 0 Å². The molecule has 3 rings (SSSR count). The zero-order valence-corrected chi connectivity index (χ0v) is 12.8. The van der Waals surface area contributed by atoms with Crippen LogP contribution in [0, 0.1) is 5.92 Å². The molecule has 0 aliphatic carbocycles. The third kappa shape index (κ3) is 3.47. The van der Waals surface area contributed by atoms with Gasteiger partial charge in [-0.2, -0.15) is 0 Å². The van der Waals surface area contributed by atoms with Crippen molar-refractivity contribution in [1.29, 1.82) is 0 Å². The minimum atomic E-state index is -0.414. The summed E-state index contributed by atoms with van der Waals surface area (Å²) in [6.45, 7) is 2.63. The van der Waals surface area contributed by atoms with Crippen LogP contribution in [0.4, 0.5) is 4.79 Å². The Hall–Kier alpha value is -1.88. The highest BCUT2D eigenvalue weighted by Gasteiger charge is 2.37. The maximum Gasteiger partial charge on any atom is 0.324 e. The summed E-state index contributed by atoms with van der Waals surface area (Å²) in [6, 6.07) is 9.16. The minimum absolute atomic E-state index is 0.0808. The second kappa shape index (κ2) is 6.92. The van der Waals surface area contributed by atoms with E-state index >= 15 is 0 Å². The molecule has 2 N–H and O–H groups in total. The van der Waals surface area contributed by atoms with E-state index in [0.29, 0.717) is 18.9 Å². The molecule has 1 aromatic rings. The Labute approximate surface area is 131 Å². The zero-order valence-electron chi connectivity index (χ0n) is 12.8. The fraction of sp³-hybridized carbons (Fsp3) is 0.529. The van der Waals surface area contributed by atoms with Gasteiger partial charge in [-0.3, -0.25) is 9.69 Å². The van der Waals surface area contributed by atoms with Gasteiger partial charge in [0.2, 0.25) is 0 Å². The summed E-state index contributed by atoms with van der Waals surface area (Å²) < 4.78 is 0. The number of benzene rings is 1. The average molecular weight is 301 g/mol. The van der Waals surface area contributed by atoms with Gasteiger partial charge in [0.1, 0.15) is 6.04 Å². The lowest BCUT2D eigenvalue weighted by Gasteiger charge is -2.24. The summed E-state index contributed by atoms with van der Waals surface area (Å²) in [5, 5.41) is 6.15. The molecule has 2 aliphatic heterocycles. The van der Waals surface area contributed by atoms with E-state index in [2.05, 4.69) is 10.6 Å². The molecule has 0 spiro atoms. The normalized spacial score (nSPS) is 22.9. The second-order valence-corrected chi connectivity index (χ2v) is 6.16. The third-order valence-corrected chi connectivity index (χ3v) is 4.61. The molecule has 0 saturated carbocycles. The number of nitrogens with zero attached hydrogens (tertiary/aromatic N) is 1. The van der Waals surface area contributed by atoms with Crippen LogP contribution in [0.25, 0.3) is 0 Å². The number of hydrogen-bond acceptors (Lipinski definition) is 3. The number of carbonyl (C=O) groups is 2. The van der Waals surface area contributed by atoms with Crippen molar-refractivity contribution in [3.05, 3.63) is 35.9 Å². The lowest BCUT2D eigenvalue weighted by Crippen LogP contribution is -2.35. The maximum atomic E-state index is 12.4. The zero-order chi connectivity index (χ0) is 15.4.